The SMILES string of the molecule is COc1cccc(OC)c1Oc1ncnc(NN)c1C. The molecule has 2 aromatic rings. The molecule has 106 valence electrons. The van der Waals surface area contributed by atoms with Crippen LogP contribution in [-0.2, 0) is 0 Å². The zero-order valence-corrected chi connectivity index (χ0v) is 11.5. The first kappa shape index (κ1) is 13.9. The van der Waals surface area contributed by atoms with Crippen molar-refractivity contribution in [3.05, 3.63) is 30.1 Å². The number of nitrogens with one attached hydrogen (secondary N) is 1. The van der Waals surface area contributed by atoms with Crippen LogP contribution in [0, 0.1) is 6.92 Å². The summed E-state index contributed by atoms with van der Waals surface area (Å²) >= 11 is 0. The number of aromatic nitrogens is 2. The van der Waals surface area contributed by atoms with Crippen molar-refractivity contribution in [3.8, 4) is 23.1 Å². The molecular weight excluding hydrogens is 260 g/mol. The van der Waals surface area contributed by atoms with Gasteiger partial charge in [0.25, 0.3) is 0 Å². The lowest BCUT2D eigenvalue weighted by molar-refractivity contribution is 0.341. The Morgan fingerprint density at radius 3 is 2.30 bits per heavy atom. The van der Waals surface area contributed by atoms with Gasteiger partial charge in [0.2, 0.25) is 11.6 Å². The number of hydrogen-bond acceptors (Lipinski definition) is 7. The monoisotopic (exact) mass is 276 g/mol. The topological polar surface area (TPSA) is 91.5 Å². The Morgan fingerprint density at radius 2 is 1.75 bits per heavy atom. The number of para-hydroxylation sites is 1. The van der Waals surface area contributed by atoms with Crippen molar-refractivity contribution >= 4 is 5.82 Å². The summed E-state index contributed by atoms with van der Waals surface area (Å²) in [6.45, 7) is 1.80. The normalized spacial score (nSPS) is 10.0. The van der Waals surface area contributed by atoms with Crippen LogP contribution in [0.4, 0.5) is 5.82 Å². The van der Waals surface area contributed by atoms with Gasteiger partial charge in [-0.3, -0.25) is 0 Å². The average Bonchev–Trinajstić information content (AvgIpc) is 2.49. The van der Waals surface area contributed by atoms with Gasteiger partial charge >= 0.3 is 0 Å². The number of rotatable bonds is 5. The number of methoxy groups -OCH3 is 2. The third kappa shape index (κ3) is 2.57. The summed E-state index contributed by atoms with van der Waals surface area (Å²) in [5.74, 6) is 7.78. The zero-order chi connectivity index (χ0) is 14.5. The molecule has 0 radical (unpaired) electrons. The molecule has 0 bridgehead atoms. The average molecular weight is 276 g/mol. The van der Waals surface area contributed by atoms with Crippen molar-refractivity contribution in [1.82, 2.24) is 9.97 Å². The summed E-state index contributed by atoms with van der Waals surface area (Å²) in [6, 6.07) is 5.36. The van der Waals surface area contributed by atoms with Gasteiger partial charge in [-0.1, -0.05) is 6.07 Å². The summed E-state index contributed by atoms with van der Waals surface area (Å²) in [5.41, 5.74) is 3.17. The largest absolute Gasteiger partial charge is 0.493 e. The third-order valence-electron chi connectivity index (χ3n) is 2.76. The molecule has 1 aromatic heterocycles. The number of hydrazine groups is 1. The number of hydrogen-bond donors (Lipinski definition) is 2. The second-order valence-corrected chi connectivity index (χ2v) is 3.89. The zero-order valence-electron chi connectivity index (χ0n) is 11.5. The Hall–Kier alpha value is -2.54. The van der Waals surface area contributed by atoms with Crippen LogP contribution in [0.25, 0.3) is 0 Å². The standard InChI is InChI=1S/C13H16N4O3/c1-8-12(17-14)15-7-16-13(8)20-11-9(18-2)5-4-6-10(11)19-3/h4-7H,14H2,1-3H3,(H,15,16,17). The number of anilines is 1. The molecule has 1 aromatic carbocycles. The van der Waals surface area contributed by atoms with Crippen LogP contribution >= 0.6 is 0 Å². The maximum Gasteiger partial charge on any atom is 0.227 e. The maximum atomic E-state index is 5.80. The second kappa shape index (κ2) is 6.07. The summed E-state index contributed by atoms with van der Waals surface area (Å²) in [6.07, 6.45) is 1.36. The second-order valence-electron chi connectivity index (χ2n) is 3.89. The summed E-state index contributed by atoms with van der Waals surface area (Å²) in [7, 11) is 3.11. The van der Waals surface area contributed by atoms with E-state index < -0.39 is 0 Å². The van der Waals surface area contributed by atoms with E-state index in [2.05, 4.69) is 15.4 Å². The van der Waals surface area contributed by atoms with Crippen molar-refractivity contribution in [2.45, 2.75) is 6.92 Å². The molecule has 7 nitrogen and oxygen atoms in total. The third-order valence-corrected chi connectivity index (χ3v) is 2.76. The lowest BCUT2D eigenvalue weighted by Crippen LogP contribution is -2.11. The van der Waals surface area contributed by atoms with Gasteiger partial charge in [0.05, 0.1) is 19.8 Å². The maximum absolute atomic E-state index is 5.80. The van der Waals surface area contributed by atoms with Gasteiger partial charge < -0.3 is 19.6 Å². The first-order valence-corrected chi connectivity index (χ1v) is 5.88. The fourth-order valence-corrected chi connectivity index (χ4v) is 1.70. The molecule has 0 atom stereocenters. The molecule has 0 aliphatic rings. The molecular formula is C13H16N4O3. The number of benzene rings is 1. The fraction of sp³-hybridized carbons (Fsp3) is 0.231. The van der Waals surface area contributed by atoms with Gasteiger partial charge in [0, 0.05) is 0 Å². The van der Waals surface area contributed by atoms with E-state index in [1.54, 1.807) is 33.3 Å². The first-order chi connectivity index (χ1) is 9.71. The van der Waals surface area contributed by atoms with E-state index in [9.17, 15) is 0 Å². The predicted octanol–water partition coefficient (Wildman–Crippen LogP) is 1.88. The minimum Gasteiger partial charge on any atom is -0.493 e. The smallest absolute Gasteiger partial charge is 0.227 e. The Bertz CT molecular complexity index is 582. The molecule has 0 aliphatic carbocycles. The van der Waals surface area contributed by atoms with Crippen molar-refractivity contribution in [3.63, 3.8) is 0 Å². The van der Waals surface area contributed by atoms with Gasteiger partial charge in [-0.15, -0.1) is 0 Å². The number of nitrogens with two attached hydrogens (primary N) is 1. The lowest BCUT2D eigenvalue weighted by atomic mass is 10.3. The molecule has 0 aliphatic heterocycles. The molecule has 3 N–H and O–H groups in total. The van der Waals surface area contributed by atoms with Gasteiger partial charge in [0.15, 0.2) is 11.5 Å². The van der Waals surface area contributed by atoms with Crippen molar-refractivity contribution in [2.24, 2.45) is 5.84 Å². The van der Waals surface area contributed by atoms with E-state index in [-0.39, 0.29) is 0 Å². The highest BCUT2D eigenvalue weighted by molar-refractivity contribution is 5.54. The molecule has 0 saturated heterocycles. The Morgan fingerprint density at radius 1 is 1.10 bits per heavy atom. The first-order valence-electron chi connectivity index (χ1n) is 5.88. The molecule has 2 rings (SSSR count). The van der Waals surface area contributed by atoms with Crippen molar-refractivity contribution in [1.29, 1.82) is 0 Å². The summed E-state index contributed by atoms with van der Waals surface area (Å²) in [4.78, 5) is 8.09. The molecule has 7 heteroatoms. The van der Waals surface area contributed by atoms with Gasteiger partial charge in [0.1, 0.15) is 12.1 Å². The molecule has 0 unspecified atom stereocenters. The number of ether oxygens (including phenoxy) is 3. The molecule has 1 heterocycles. The van der Waals surface area contributed by atoms with E-state index in [1.807, 2.05) is 6.07 Å². The van der Waals surface area contributed by atoms with Crippen molar-refractivity contribution in [2.75, 3.05) is 19.6 Å². The minimum atomic E-state index is 0.371. The predicted molar refractivity (Wildman–Crippen MR) is 74.2 cm³/mol. The fourth-order valence-electron chi connectivity index (χ4n) is 1.70. The van der Waals surface area contributed by atoms with Crippen LogP contribution in [-0.4, -0.2) is 24.2 Å². The number of nitrogens with zero attached hydrogens (tertiary/aromatic N) is 2. The molecule has 0 amide bonds. The van der Waals surface area contributed by atoms with Crippen LogP contribution in [0.3, 0.4) is 0 Å². The van der Waals surface area contributed by atoms with Gasteiger partial charge in [-0.2, -0.15) is 0 Å². The lowest BCUT2D eigenvalue weighted by Gasteiger charge is -2.15. The summed E-state index contributed by atoms with van der Waals surface area (Å²) in [5, 5.41) is 0. The van der Waals surface area contributed by atoms with E-state index in [0.29, 0.717) is 34.5 Å². The number of nitrogen functional groups attached to an aromatic ring is 1. The van der Waals surface area contributed by atoms with E-state index in [4.69, 9.17) is 20.1 Å². The van der Waals surface area contributed by atoms with E-state index >= 15 is 0 Å². The Kier molecular flexibility index (Phi) is 4.21. The van der Waals surface area contributed by atoms with Crippen molar-refractivity contribution < 1.29 is 14.2 Å². The van der Waals surface area contributed by atoms with E-state index in [1.165, 1.54) is 6.33 Å². The molecule has 0 saturated carbocycles. The highest BCUT2D eigenvalue weighted by Crippen LogP contribution is 2.40. The highest BCUT2D eigenvalue weighted by atomic mass is 16.5. The summed E-state index contributed by atoms with van der Waals surface area (Å²) < 4.78 is 16.3. The van der Waals surface area contributed by atoms with Gasteiger partial charge in [-0.25, -0.2) is 15.8 Å². The Labute approximate surface area is 116 Å². The highest BCUT2D eigenvalue weighted by Gasteiger charge is 2.15. The minimum absolute atomic E-state index is 0.371. The molecule has 0 fully saturated rings. The van der Waals surface area contributed by atoms with Crippen LogP contribution in [0.2, 0.25) is 0 Å². The van der Waals surface area contributed by atoms with Crippen LogP contribution in [0.5, 0.6) is 23.1 Å². The van der Waals surface area contributed by atoms with Crippen LogP contribution < -0.4 is 25.5 Å². The molecule has 0 spiro atoms. The quantitative estimate of drug-likeness (QED) is 0.636. The molecule has 20 heavy (non-hydrogen) atoms. The Balaban J connectivity index is 2.44. The van der Waals surface area contributed by atoms with E-state index in [0.717, 1.165) is 0 Å². The van der Waals surface area contributed by atoms with Gasteiger partial charge in [-0.05, 0) is 19.1 Å². The van der Waals surface area contributed by atoms with Crippen LogP contribution in [0.15, 0.2) is 24.5 Å². The van der Waals surface area contributed by atoms with Crippen LogP contribution in [0.1, 0.15) is 5.56 Å².